The second kappa shape index (κ2) is 6.12. The maximum absolute atomic E-state index is 3.60. The summed E-state index contributed by atoms with van der Waals surface area (Å²) < 4.78 is 0. The van der Waals surface area contributed by atoms with Crippen LogP contribution in [-0.2, 0) is 0 Å². The van der Waals surface area contributed by atoms with Crippen LogP contribution < -0.4 is 5.19 Å². The predicted octanol–water partition coefficient (Wildman–Crippen LogP) is 5.31. The Morgan fingerprint density at radius 1 is 0.538 bits per heavy atom. The fourth-order valence-corrected chi connectivity index (χ4v) is 4.32. The molecule has 3 radical (unpaired) electrons. The van der Waals surface area contributed by atoms with Gasteiger partial charge in [-0.1, -0.05) is 102 Å². The molecule has 26 heavy (non-hydrogen) atoms. The van der Waals surface area contributed by atoms with E-state index in [0.717, 1.165) is 5.19 Å². The molecule has 1 atom stereocenters. The Morgan fingerprint density at radius 2 is 1.19 bits per heavy atom. The summed E-state index contributed by atoms with van der Waals surface area (Å²) in [5.41, 5.74) is 9.46. The highest BCUT2D eigenvalue weighted by molar-refractivity contribution is 6.32. The molecule has 1 unspecified atom stereocenters. The first-order valence-corrected chi connectivity index (χ1v) is 9.42. The van der Waals surface area contributed by atoms with Crippen LogP contribution in [0.1, 0.15) is 22.6 Å². The lowest BCUT2D eigenvalue weighted by molar-refractivity contribution is 1.02. The third kappa shape index (κ3) is 2.36. The molecule has 0 spiro atoms. The van der Waals surface area contributed by atoms with Gasteiger partial charge in [-0.3, -0.25) is 0 Å². The lowest BCUT2D eigenvalue weighted by Gasteiger charge is -2.18. The molecular weight excluding hydrogens is 328 g/mol. The molecule has 4 aromatic carbocycles. The Balaban J connectivity index is 1.81. The lowest BCUT2D eigenvalue weighted by Crippen LogP contribution is -2.02. The first kappa shape index (κ1) is 15.4. The molecule has 0 amide bonds. The molecule has 0 heterocycles. The van der Waals surface area contributed by atoms with Gasteiger partial charge in [0.15, 0.2) is 0 Å². The Hall–Kier alpha value is -2.90. The van der Waals surface area contributed by atoms with Gasteiger partial charge in [-0.2, -0.15) is 0 Å². The van der Waals surface area contributed by atoms with Crippen molar-refractivity contribution in [2.24, 2.45) is 0 Å². The van der Waals surface area contributed by atoms with Gasteiger partial charge in [0, 0.05) is 5.92 Å². The average molecular weight is 345 g/mol. The standard InChI is InChI=1S/C25H17Si/c26-19-15-13-17(14-16-19)20-11-6-12-23-21-9-4-5-10-22(21)24(25(20)23)18-7-2-1-3-8-18/h1-16,24H. The quantitative estimate of drug-likeness (QED) is 0.380. The zero-order valence-electron chi connectivity index (χ0n) is 14.3. The van der Waals surface area contributed by atoms with E-state index in [1.807, 2.05) is 0 Å². The molecule has 5 rings (SSSR count). The molecule has 0 N–H and O–H groups in total. The highest BCUT2D eigenvalue weighted by Crippen LogP contribution is 2.51. The molecule has 4 aromatic rings. The first-order valence-electron chi connectivity index (χ1n) is 8.92. The summed E-state index contributed by atoms with van der Waals surface area (Å²) in [7, 11) is 3.60. The summed E-state index contributed by atoms with van der Waals surface area (Å²) >= 11 is 0. The second-order valence-electron chi connectivity index (χ2n) is 6.78. The molecule has 0 fully saturated rings. The van der Waals surface area contributed by atoms with Crippen LogP contribution in [0.15, 0.2) is 97.1 Å². The zero-order chi connectivity index (χ0) is 17.5. The van der Waals surface area contributed by atoms with E-state index in [1.54, 1.807) is 0 Å². The Labute approximate surface area is 157 Å². The summed E-state index contributed by atoms with van der Waals surface area (Å²) in [6.07, 6.45) is 0. The topological polar surface area (TPSA) is 0 Å². The third-order valence-electron chi connectivity index (χ3n) is 5.29. The first-order chi connectivity index (χ1) is 12.8. The van der Waals surface area contributed by atoms with Crippen LogP contribution in [0.3, 0.4) is 0 Å². The second-order valence-corrected chi connectivity index (χ2v) is 7.35. The van der Waals surface area contributed by atoms with Crippen molar-refractivity contribution in [3.8, 4) is 22.3 Å². The normalized spacial score (nSPS) is 14.7. The number of fused-ring (bicyclic) bond motifs is 3. The SMILES string of the molecule is [Si]c1ccc(-c2cccc3c2C(c2ccccc2)c2ccccc2-3)cc1. The Kier molecular flexibility index (Phi) is 3.61. The van der Waals surface area contributed by atoms with Gasteiger partial charge < -0.3 is 0 Å². The molecule has 0 nitrogen and oxygen atoms in total. The molecule has 1 aliphatic carbocycles. The average Bonchev–Trinajstić information content (AvgIpc) is 3.04. The maximum Gasteiger partial charge on any atom is 0.0711 e. The minimum Gasteiger partial charge on any atom is -0.0673 e. The molecule has 0 aromatic heterocycles. The van der Waals surface area contributed by atoms with Gasteiger partial charge >= 0.3 is 0 Å². The van der Waals surface area contributed by atoms with Crippen LogP contribution in [0.25, 0.3) is 22.3 Å². The molecule has 1 heteroatoms. The van der Waals surface area contributed by atoms with Gasteiger partial charge in [-0.05, 0) is 38.9 Å². The predicted molar refractivity (Wildman–Crippen MR) is 110 cm³/mol. The van der Waals surface area contributed by atoms with Crippen LogP contribution >= 0.6 is 0 Å². The fraction of sp³-hybridized carbons (Fsp3) is 0.0400. The van der Waals surface area contributed by atoms with Crippen LogP contribution in [0.4, 0.5) is 0 Å². The molecule has 121 valence electrons. The summed E-state index contributed by atoms with van der Waals surface area (Å²) in [5, 5.41) is 1.10. The molecule has 0 saturated carbocycles. The van der Waals surface area contributed by atoms with Gasteiger partial charge in [0.05, 0.1) is 10.2 Å². The van der Waals surface area contributed by atoms with Crippen molar-refractivity contribution in [3.63, 3.8) is 0 Å². The van der Waals surface area contributed by atoms with E-state index >= 15 is 0 Å². The van der Waals surface area contributed by atoms with E-state index in [-0.39, 0.29) is 5.92 Å². The van der Waals surface area contributed by atoms with Crippen molar-refractivity contribution >= 4 is 15.4 Å². The summed E-state index contributed by atoms with van der Waals surface area (Å²) in [5.74, 6) is 0.279. The van der Waals surface area contributed by atoms with Gasteiger partial charge in [-0.25, -0.2) is 0 Å². The van der Waals surface area contributed by atoms with Gasteiger partial charge in [-0.15, -0.1) is 0 Å². The van der Waals surface area contributed by atoms with Crippen molar-refractivity contribution in [1.82, 2.24) is 0 Å². The smallest absolute Gasteiger partial charge is 0.0673 e. The van der Waals surface area contributed by atoms with E-state index in [4.69, 9.17) is 0 Å². The van der Waals surface area contributed by atoms with Crippen molar-refractivity contribution < 1.29 is 0 Å². The summed E-state index contributed by atoms with van der Waals surface area (Å²) in [6, 6.07) is 35.0. The maximum atomic E-state index is 3.60. The van der Waals surface area contributed by atoms with E-state index in [0.29, 0.717) is 0 Å². The minimum absolute atomic E-state index is 0.279. The van der Waals surface area contributed by atoms with Crippen LogP contribution in [-0.4, -0.2) is 10.2 Å². The van der Waals surface area contributed by atoms with Crippen molar-refractivity contribution in [2.75, 3.05) is 0 Å². The van der Waals surface area contributed by atoms with Gasteiger partial charge in [0.1, 0.15) is 0 Å². The van der Waals surface area contributed by atoms with E-state index in [9.17, 15) is 0 Å². The van der Waals surface area contributed by atoms with Crippen molar-refractivity contribution in [2.45, 2.75) is 5.92 Å². The van der Waals surface area contributed by atoms with Crippen LogP contribution in [0.5, 0.6) is 0 Å². The monoisotopic (exact) mass is 345 g/mol. The molecule has 1 aliphatic rings. The van der Waals surface area contributed by atoms with E-state index in [1.165, 1.54) is 38.9 Å². The third-order valence-corrected chi connectivity index (χ3v) is 5.62. The Morgan fingerprint density at radius 3 is 2.00 bits per heavy atom. The summed E-state index contributed by atoms with van der Waals surface area (Å²) in [6.45, 7) is 0. The van der Waals surface area contributed by atoms with E-state index < -0.39 is 0 Å². The summed E-state index contributed by atoms with van der Waals surface area (Å²) in [4.78, 5) is 0. The largest absolute Gasteiger partial charge is 0.0711 e. The lowest BCUT2D eigenvalue weighted by atomic mass is 9.85. The number of rotatable bonds is 2. The highest BCUT2D eigenvalue weighted by atomic mass is 28.1. The van der Waals surface area contributed by atoms with Crippen LogP contribution in [0.2, 0.25) is 0 Å². The molecule has 0 aliphatic heterocycles. The number of benzene rings is 4. The van der Waals surface area contributed by atoms with Gasteiger partial charge in [0.25, 0.3) is 0 Å². The zero-order valence-corrected chi connectivity index (χ0v) is 15.3. The van der Waals surface area contributed by atoms with Crippen molar-refractivity contribution in [1.29, 1.82) is 0 Å². The van der Waals surface area contributed by atoms with Gasteiger partial charge in [0.2, 0.25) is 0 Å². The molecule has 0 saturated heterocycles. The highest BCUT2D eigenvalue weighted by Gasteiger charge is 2.31. The van der Waals surface area contributed by atoms with E-state index in [2.05, 4.69) is 107 Å². The fourth-order valence-electron chi connectivity index (χ4n) is 4.15. The van der Waals surface area contributed by atoms with Crippen LogP contribution in [0, 0.1) is 0 Å². The number of hydrogen-bond donors (Lipinski definition) is 0. The molecular formula is C25H17Si. The number of hydrogen-bond acceptors (Lipinski definition) is 0. The minimum atomic E-state index is 0.279. The molecule has 0 bridgehead atoms. The van der Waals surface area contributed by atoms with Crippen molar-refractivity contribution in [3.05, 3.63) is 114 Å². The Bertz CT molecular complexity index is 1080.